The van der Waals surface area contributed by atoms with E-state index >= 15 is 0 Å². The SMILES string of the molecule is CC(C)c1ccc(-c2csc(NC(=O)CCN)n2)cc1. The average molecular weight is 289 g/mol. The Kier molecular flexibility index (Phi) is 4.87. The largest absolute Gasteiger partial charge is 0.330 e. The Hall–Kier alpha value is -1.72. The van der Waals surface area contributed by atoms with Gasteiger partial charge in [0.05, 0.1) is 5.69 Å². The molecule has 20 heavy (non-hydrogen) atoms. The van der Waals surface area contributed by atoms with Crippen molar-refractivity contribution in [3.05, 3.63) is 35.2 Å². The molecule has 1 heterocycles. The third-order valence-electron chi connectivity index (χ3n) is 3.00. The lowest BCUT2D eigenvalue weighted by Crippen LogP contribution is -2.15. The molecule has 2 aromatic rings. The highest BCUT2D eigenvalue weighted by Gasteiger charge is 2.08. The van der Waals surface area contributed by atoms with E-state index in [2.05, 4.69) is 48.4 Å². The second-order valence-corrected chi connectivity index (χ2v) is 5.76. The molecule has 2 rings (SSSR count). The second-order valence-electron chi connectivity index (χ2n) is 4.90. The lowest BCUT2D eigenvalue weighted by Gasteiger charge is -2.05. The normalized spacial score (nSPS) is 10.8. The highest BCUT2D eigenvalue weighted by atomic mass is 32.1. The van der Waals surface area contributed by atoms with Crippen LogP contribution in [0.15, 0.2) is 29.6 Å². The van der Waals surface area contributed by atoms with Crippen molar-refractivity contribution < 1.29 is 4.79 Å². The summed E-state index contributed by atoms with van der Waals surface area (Å²) < 4.78 is 0. The topological polar surface area (TPSA) is 68.0 Å². The summed E-state index contributed by atoms with van der Waals surface area (Å²) in [7, 11) is 0. The zero-order valence-corrected chi connectivity index (χ0v) is 12.5. The molecule has 5 heteroatoms. The first-order valence-electron chi connectivity index (χ1n) is 6.66. The number of anilines is 1. The molecule has 0 aliphatic rings. The van der Waals surface area contributed by atoms with Crippen molar-refractivity contribution in [1.82, 2.24) is 4.98 Å². The van der Waals surface area contributed by atoms with Crippen LogP contribution in [0.25, 0.3) is 11.3 Å². The summed E-state index contributed by atoms with van der Waals surface area (Å²) in [4.78, 5) is 15.9. The molecule has 0 unspecified atom stereocenters. The van der Waals surface area contributed by atoms with E-state index < -0.39 is 0 Å². The maximum absolute atomic E-state index is 11.5. The van der Waals surface area contributed by atoms with Gasteiger partial charge in [0.15, 0.2) is 5.13 Å². The molecule has 0 aliphatic carbocycles. The summed E-state index contributed by atoms with van der Waals surface area (Å²) in [5.41, 5.74) is 8.59. The van der Waals surface area contributed by atoms with Crippen molar-refractivity contribution in [3.63, 3.8) is 0 Å². The molecule has 0 spiro atoms. The van der Waals surface area contributed by atoms with Crippen molar-refractivity contribution in [1.29, 1.82) is 0 Å². The van der Waals surface area contributed by atoms with Gasteiger partial charge in [-0.25, -0.2) is 4.98 Å². The van der Waals surface area contributed by atoms with Gasteiger partial charge >= 0.3 is 0 Å². The van der Waals surface area contributed by atoms with Crippen LogP contribution in [-0.2, 0) is 4.79 Å². The molecule has 106 valence electrons. The van der Waals surface area contributed by atoms with Gasteiger partial charge in [0.1, 0.15) is 0 Å². The van der Waals surface area contributed by atoms with Crippen LogP contribution >= 0.6 is 11.3 Å². The molecular weight excluding hydrogens is 270 g/mol. The summed E-state index contributed by atoms with van der Waals surface area (Å²) in [6.45, 7) is 4.69. The fraction of sp³-hybridized carbons (Fsp3) is 0.333. The van der Waals surface area contributed by atoms with E-state index in [9.17, 15) is 4.79 Å². The van der Waals surface area contributed by atoms with E-state index in [0.717, 1.165) is 11.3 Å². The molecule has 0 bridgehead atoms. The summed E-state index contributed by atoms with van der Waals surface area (Å²) in [5.74, 6) is 0.425. The molecule has 0 fully saturated rings. The smallest absolute Gasteiger partial charge is 0.227 e. The molecule has 0 atom stereocenters. The van der Waals surface area contributed by atoms with Crippen LogP contribution in [0, 0.1) is 0 Å². The van der Waals surface area contributed by atoms with Gasteiger partial charge in [-0.15, -0.1) is 11.3 Å². The molecule has 0 aliphatic heterocycles. The van der Waals surface area contributed by atoms with Crippen molar-refractivity contribution in [2.45, 2.75) is 26.2 Å². The van der Waals surface area contributed by atoms with Crippen LogP contribution in [0.1, 0.15) is 31.7 Å². The fourth-order valence-electron chi connectivity index (χ4n) is 1.82. The maximum Gasteiger partial charge on any atom is 0.227 e. The third kappa shape index (κ3) is 3.65. The Balaban J connectivity index is 2.10. The van der Waals surface area contributed by atoms with Gasteiger partial charge in [-0.3, -0.25) is 4.79 Å². The Morgan fingerprint density at radius 2 is 2.05 bits per heavy atom. The quantitative estimate of drug-likeness (QED) is 0.888. The Bertz CT molecular complexity index is 575. The molecule has 4 nitrogen and oxygen atoms in total. The lowest BCUT2D eigenvalue weighted by atomic mass is 10.0. The van der Waals surface area contributed by atoms with Crippen LogP contribution in [-0.4, -0.2) is 17.4 Å². The first-order valence-corrected chi connectivity index (χ1v) is 7.54. The molecule has 1 aromatic carbocycles. The number of thiazole rings is 1. The number of amides is 1. The van der Waals surface area contributed by atoms with Crippen molar-refractivity contribution in [2.24, 2.45) is 5.73 Å². The zero-order chi connectivity index (χ0) is 14.5. The van der Waals surface area contributed by atoms with E-state index in [0.29, 0.717) is 24.0 Å². The van der Waals surface area contributed by atoms with Gasteiger partial charge < -0.3 is 11.1 Å². The maximum atomic E-state index is 11.5. The number of nitrogens with two attached hydrogens (primary N) is 1. The molecule has 0 saturated heterocycles. The molecule has 0 saturated carbocycles. The highest BCUT2D eigenvalue weighted by Crippen LogP contribution is 2.26. The van der Waals surface area contributed by atoms with E-state index in [1.807, 2.05) is 5.38 Å². The number of carbonyl (C=O) groups excluding carboxylic acids is 1. The second kappa shape index (κ2) is 6.63. The van der Waals surface area contributed by atoms with E-state index in [1.54, 1.807) is 0 Å². The van der Waals surface area contributed by atoms with Crippen LogP contribution in [0.5, 0.6) is 0 Å². The molecule has 0 radical (unpaired) electrons. The Morgan fingerprint density at radius 1 is 1.35 bits per heavy atom. The predicted molar refractivity (Wildman–Crippen MR) is 83.9 cm³/mol. The number of hydrogen-bond acceptors (Lipinski definition) is 4. The Labute approximate surface area is 123 Å². The van der Waals surface area contributed by atoms with E-state index in [4.69, 9.17) is 5.73 Å². The molecule has 1 amide bonds. The predicted octanol–water partition coefficient (Wildman–Crippen LogP) is 3.22. The minimum Gasteiger partial charge on any atom is -0.330 e. The van der Waals surface area contributed by atoms with Gasteiger partial charge in [-0.2, -0.15) is 0 Å². The fourth-order valence-corrected chi connectivity index (χ4v) is 2.55. The number of carbonyl (C=O) groups is 1. The van der Waals surface area contributed by atoms with Gasteiger partial charge in [-0.05, 0) is 11.5 Å². The summed E-state index contributed by atoms with van der Waals surface area (Å²) in [6.07, 6.45) is 0.317. The van der Waals surface area contributed by atoms with E-state index in [-0.39, 0.29) is 5.91 Å². The minimum atomic E-state index is -0.0939. The van der Waals surface area contributed by atoms with Gasteiger partial charge in [0.2, 0.25) is 5.91 Å². The van der Waals surface area contributed by atoms with Crippen LogP contribution in [0.3, 0.4) is 0 Å². The number of nitrogens with one attached hydrogen (secondary N) is 1. The van der Waals surface area contributed by atoms with Crippen molar-refractivity contribution in [3.8, 4) is 11.3 Å². The zero-order valence-electron chi connectivity index (χ0n) is 11.7. The van der Waals surface area contributed by atoms with Gasteiger partial charge in [-0.1, -0.05) is 38.1 Å². The van der Waals surface area contributed by atoms with Crippen LogP contribution < -0.4 is 11.1 Å². The summed E-state index contributed by atoms with van der Waals surface area (Å²) >= 11 is 1.43. The average Bonchev–Trinajstić information content (AvgIpc) is 2.87. The number of rotatable bonds is 5. The minimum absolute atomic E-state index is 0.0939. The first-order chi connectivity index (χ1) is 9.60. The number of benzene rings is 1. The van der Waals surface area contributed by atoms with E-state index in [1.165, 1.54) is 16.9 Å². The van der Waals surface area contributed by atoms with Gasteiger partial charge in [0, 0.05) is 23.9 Å². The standard InChI is InChI=1S/C15H19N3OS/c1-10(2)11-3-5-12(6-4-11)13-9-20-15(17-13)18-14(19)7-8-16/h3-6,9-10H,7-8,16H2,1-2H3,(H,17,18,19). The van der Waals surface area contributed by atoms with Crippen molar-refractivity contribution >= 4 is 22.4 Å². The van der Waals surface area contributed by atoms with Crippen LogP contribution in [0.4, 0.5) is 5.13 Å². The summed E-state index contributed by atoms with van der Waals surface area (Å²) in [5, 5.41) is 5.31. The third-order valence-corrected chi connectivity index (χ3v) is 3.75. The monoisotopic (exact) mass is 289 g/mol. The number of aromatic nitrogens is 1. The lowest BCUT2D eigenvalue weighted by molar-refractivity contribution is -0.116. The first kappa shape index (κ1) is 14.7. The molecule has 3 N–H and O–H groups in total. The van der Waals surface area contributed by atoms with Crippen molar-refractivity contribution in [2.75, 3.05) is 11.9 Å². The van der Waals surface area contributed by atoms with Gasteiger partial charge in [0.25, 0.3) is 0 Å². The number of hydrogen-bond donors (Lipinski definition) is 2. The Morgan fingerprint density at radius 3 is 2.65 bits per heavy atom. The number of nitrogens with zero attached hydrogens (tertiary/aromatic N) is 1. The highest BCUT2D eigenvalue weighted by molar-refractivity contribution is 7.14. The van der Waals surface area contributed by atoms with Crippen LogP contribution in [0.2, 0.25) is 0 Å². The molecular formula is C15H19N3OS. The molecule has 1 aromatic heterocycles. The summed E-state index contributed by atoms with van der Waals surface area (Å²) in [6, 6.07) is 8.36.